The van der Waals surface area contributed by atoms with Crippen molar-refractivity contribution in [3.05, 3.63) is 32.2 Å². The van der Waals surface area contributed by atoms with Gasteiger partial charge in [-0.15, -0.1) is 22.7 Å². The van der Waals surface area contributed by atoms with E-state index in [0.29, 0.717) is 6.92 Å². The van der Waals surface area contributed by atoms with Crippen molar-refractivity contribution in [2.45, 2.75) is 38.2 Å². The highest BCUT2D eigenvalue weighted by Gasteiger charge is 2.16. The fourth-order valence-corrected chi connectivity index (χ4v) is 5.48. The molecule has 28 heavy (non-hydrogen) atoms. The fraction of sp³-hybridized carbons (Fsp3) is 0.571. The number of halogens is 2. The zero-order chi connectivity index (χ0) is 22.0. The van der Waals surface area contributed by atoms with Gasteiger partial charge >= 0.3 is 0 Å². The van der Waals surface area contributed by atoms with Gasteiger partial charge in [-0.3, -0.25) is 0 Å². The third-order valence-electron chi connectivity index (χ3n) is 3.15. The van der Waals surface area contributed by atoms with E-state index in [9.17, 15) is 25.9 Å². The molecule has 2 aromatic rings. The first-order valence-corrected chi connectivity index (χ1v) is 14.6. The highest BCUT2D eigenvalue weighted by atomic mass is 79.9. The molecule has 0 unspecified atom stereocenters. The maximum atomic E-state index is 9.84. The van der Waals surface area contributed by atoms with Crippen LogP contribution in [0.25, 0.3) is 0 Å². The Morgan fingerprint density at radius 3 is 1.36 bits per heavy atom. The van der Waals surface area contributed by atoms with E-state index in [-0.39, 0.29) is 0 Å². The maximum absolute atomic E-state index is 9.84. The molecule has 0 N–H and O–H groups in total. The number of nitrogens with zero attached hydrogens (tertiary/aromatic N) is 2. The van der Waals surface area contributed by atoms with E-state index in [2.05, 4.69) is 55.7 Å². The number of aryl methyl sites for hydroxylation is 4. The number of hydrogen-bond acceptors (Lipinski definition) is 10. The zero-order valence-corrected chi connectivity index (χ0v) is 21.7. The lowest BCUT2D eigenvalue weighted by Crippen LogP contribution is -2.26. The van der Waals surface area contributed by atoms with E-state index in [1.807, 2.05) is 11.0 Å². The van der Waals surface area contributed by atoms with Gasteiger partial charge in [0.25, 0.3) is 0 Å². The monoisotopic (exact) mass is 598 g/mol. The molecule has 2 rings (SSSR count). The van der Waals surface area contributed by atoms with Crippen molar-refractivity contribution in [1.29, 1.82) is 0 Å². The van der Waals surface area contributed by atoms with Gasteiger partial charge in [-0.2, -0.15) is 0 Å². The summed E-state index contributed by atoms with van der Waals surface area (Å²) in [5.41, 5.74) is 6.15. The van der Waals surface area contributed by atoms with Gasteiger partial charge in [0.2, 0.25) is 0 Å². The molecule has 0 aromatic carbocycles. The largest absolute Gasteiger partial charge is 0.747 e. The van der Waals surface area contributed by atoms with Gasteiger partial charge in [0.1, 0.15) is 24.8 Å². The average Bonchev–Trinajstić information content (AvgIpc) is 3.16. The highest BCUT2D eigenvalue weighted by Crippen LogP contribution is 2.13. The minimum atomic E-state index is -5.01. The van der Waals surface area contributed by atoms with Gasteiger partial charge in [0, 0.05) is 20.4 Å². The van der Waals surface area contributed by atoms with Crippen LogP contribution in [0.3, 0.4) is 0 Å². The van der Waals surface area contributed by atoms with Crippen LogP contribution in [0, 0.1) is 13.8 Å². The maximum Gasteiger partial charge on any atom is 0.136 e. The first-order chi connectivity index (χ1) is 12.8. The number of aromatic nitrogens is 2. The molecular formula is C14H20Br2N2O6S4-2. The van der Waals surface area contributed by atoms with Crippen molar-refractivity contribution >= 4 is 74.8 Å². The first-order valence-electron chi connectivity index (χ1n) is 7.63. The smallest absolute Gasteiger partial charge is 0.136 e. The first kappa shape index (κ1) is 28.0. The topological polar surface area (TPSA) is 140 Å². The Morgan fingerprint density at radius 1 is 0.893 bits per heavy atom. The lowest BCUT2D eigenvalue weighted by molar-refractivity contribution is 0.438. The van der Waals surface area contributed by atoms with Crippen molar-refractivity contribution in [2.75, 3.05) is 10.7 Å². The van der Waals surface area contributed by atoms with E-state index < -0.39 is 24.8 Å². The Balaban J connectivity index is 0.000000391. The molecule has 0 aliphatic carbocycles. The summed E-state index contributed by atoms with van der Waals surface area (Å²) in [6.45, 7) is 4.63. The number of alkyl halides is 2. The fourth-order valence-electron chi connectivity index (χ4n) is 1.45. The van der Waals surface area contributed by atoms with Gasteiger partial charge in [0.15, 0.2) is 0 Å². The Hall–Kier alpha value is 0.0400. The van der Waals surface area contributed by atoms with Crippen LogP contribution in [0.1, 0.15) is 28.1 Å². The lowest BCUT2D eigenvalue weighted by Gasteiger charge is -2.18. The van der Waals surface area contributed by atoms with E-state index in [1.54, 1.807) is 22.7 Å². The van der Waals surface area contributed by atoms with Crippen LogP contribution in [-0.4, -0.2) is 51.2 Å². The van der Waals surface area contributed by atoms with Gasteiger partial charge in [-0.25, -0.2) is 26.8 Å². The molecule has 0 amide bonds. The molecular weight excluding hydrogens is 580 g/mol. The minimum absolute atomic E-state index is 0.532. The molecule has 0 atom stereocenters. The predicted octanol–water partition coefficient (Wildman–Crippen LogP) is 3.20. The number of rotatable bonds is 6. The van der Waals surface area contributed by atoms with Crippen molar-refractivity contribution in [3.63, 3.8) is 0 Å². The molecule has 0 bridgehead atoms. The van der Waals surface area contributed by atoms with E-state index >= 15 is 0 Å². The number of hydrogen-bond donors (Lipinski definition) is 0. The van der Waals surface area contributed by atoms with Gasteiger partial charge < -0.3 is 9.11 Å². The van der Waals surface area contributed by atoms with E-state index in [1.165, 1.54) is 21.1 Å². The standard InChI is InChI=1S/2C6H8BrNS.C2H6O6S2/c2*1-5-6(2-3-7)9-4-8-5;1-2(9(3,4)5)10(6,7)8/h2*4H,2-3H2,1H3;2H,1H3,(H,3,4,5)(H,6,7,8)/p-2. The Bertz CT molecular complexity index is 838. The Labute approximate surface area is 190 Å². The molecule has 0 aliphatic rings. The van der Waals surface area contributed by atoms with Crippen LogP contribution in [0.15, 0.2) is 11.0 Å². The van der Waals surface area contributed by atoms with Crippen LogP contribution in [0.4, 0.5) is 0 Å². The molecule has 2 heterocycles. The molecule has 0 saturated carbocycles. The van der Waals surface area contributed by atoms with Crippen LogP contribution < -0.4 is 0 Å². The summed E-state index contributed by atoms with van der Waals surface area (Å²) in [6, 6.07) is 0. The molecule has 8 nitrogen and oxygen atoms in total. The second-order valence-corrected chi connectivity index (χ2v) is 12.3. The molecule has 2 aromatic heterocycles. The van der Waals surface area contributed by atoms with E-state index in [0.717, 1.165) is 23.5 Å². The SMILES string of the molecule is CC(S(=O)(=O)[O-])S(=O)(=O)[O-].Cc1ncsc1CCBr.Cc1ncsc1CCBr. The molecule has 0 spiro atoms. The molecule has 14 heteroatoms. The lowest BCUT2D eigenvalue weighted by atomic mass is 10.3. The second-order valence-electron chi connectivity index (χ2n) is 5.15. The summed E-state index contributed by atoms with van der Waals surface area (Å²) in [5.74, 6) is 0. The summed E-state index contributed by atoms with van der Waals surface area (Å²) in [4.78, 5) is 11.1. The molecule has 162 valence electrons. The van der Waals surface area contributed by atoms with Crippen LogP contribution in [0.2, 0.25) is 0 Å². The summed E-state index contributed by atoms with van der Waals surface area (Å²) in [7, 11) is -10.0. The Kier molecular flexibility index (Phi) is 13.4. The van der Waals surface area contributed by atoms with Crippen molar-refractivity contribution in [2.24, 2.45) is 0 Å². The summed E-state index contributed by atoms with van der Waals surface area (Å²) in [5, 5.41) is 2.08. The molecule has 0 saturated heterocycles. The van der Waals surface area contributed by atoms with E-state index in [4.69, 9.17) is 0 Å². The number of thiazole rings is 2. The van der Waals surface area contributed by atoms with Crippen LogP contribution >= 0.6 is 54.5 Å². The Morgan fingerprint density at radius 2 is 1.21 bits per heavy atom. The molecule has 0 fully saturated rings. The van der Waals surface area contributed by atoms with Gasteiger partial charge in [0.05, 0.1) is 22.4 Å². The van der Waals surface area contributed by atoms with Crippen LogP contribution in [0.5, 0.6) is 0 Å². The third-order valence-corrected chi connectivity index (χ3v) is 8.97. The molecule has 0 radical (unpaired) electrons. The van der Waals surface area contributed by atoms with Crippen LogP contribution in [-0.2, 0) is 33.1 Å². The summed E-state index contributed by atoms with van der Waals surface area (Å²) >= 11 is 10.2. The summed E-state index contributed by atoms with van der Waals surface area (Å²) in [6.07, 6.45) is 2.22. The predicted molar refractivity (Wildman–Crippen MR) is 118 cm³/mol. The van der Waals surface area contributed by atoms with Crippen molar-refractivity contribution in [1.82, 2.24) is 9.97 Å². The van der Waals surface area contributed by atoms with Crippen molar-refractivity contribution in [3.8, 4) is 0 Å². The minimum Gasteiger partial charge on any atom is -0.747 e. The normalized spacial score (nSPS) is 11.4. The highest BCUT2D eigenvalue weighted by molar-refractivity contribution is 9.09. The molecule has 0 aliphatic heterocycles. The van der Waals surface area contributed by atoms with Gasteiger partial charge in [-0.05, 0) is 33.6 Å². The van der Waals surface area contributed by atoms with Crippen molar-refractivity contribution < 1.29 is 25.9 Å². The quantitative estimate of drug-likeness (QED) is 0.364. The van der Waals surface area contributed by atoms with Gasteiger partial charge in [-0.1, -0.05) is 31.9 Å². The second kappa shape index (κ2) is 13.4. The zero-order valence-electron chi connectivity index (χ0n) is 15.3. The summed E-state index contributed by atoms with van der Waals surface area (Å²) < 4.78 is 56.7. The average molecular weight is 600 g/mol. The third kappa shape index (κ3) is 11.3.